The minimum Gasteiger partial charge on any atom is -0.360 e. The van der Waals surface area contributed by atoms with Crippen molar-refractivity contribution in [2.24, 2.45) is 11.8 Å². The smallest absolute Gasteiger partial charge is 0.248 e. The zero-order valence-corrected chi connectivity index (χ0v) is 17.1. The van der Waals surface area contributed by atoms with E-state index >= 15 is 0 Å². The first kappa shape index (κ1) is 20.9. The summed E-state index contributed by atoms with van der Waals surface area (Å²) in [6, 6.07) is 0. The van der Waals surface area contributed by atoms with Gasteiger partial charge in [-0.05, 0) is 46.7 Å². The molecule has 0 aromatic carbocycles. The molecule has 1 N–H and O–H groups in total. The van der Waals surface area contributed by atoms with Gasteiger partial charge in [0.2, 0.25) is 15.9 Å². The molecular formula is C17H30N4O4S. The van der Waals surface area contributed by atoms with E-state index in [1.54, 1.807) is 13.8 Å². The van der Waals surface area contributed by atoms with E-state index in [-0.39, 0.29) is 22.6 Å². The minimum atomic E-state index is -3.60. The van der Waals surface area contributed by atoms with Crippen molar-refractivity contribution in [3.8, 4) is 0 Å². The van der Waals surface area contributed by atoms with Crippen molar-refractivity contribution >= 4 is 15.9 Å². The molecule has 148 valence electrons. The Bertz CT molecular complexity index is 702. The number of piperidine rings is 1. The van der Waals surface area contributed by atoms with Crippen LogP contribution in [-0.2, 0) is 14.8 Å². The quantitative estimate of drug-likeness (QED) is 0.751. The summed E-state index contributed by atoms with van der Waals surface area (Å²) in [6.45, 7) is 7.41. The van der Waals surface area contributed by atoms with Crippen molar-refractivity contribution in [1.29, 1.82) is 0 Å². The fourth-order valence-electron chi connectivity index (χ4n) is 3.37. The molecule has 0 spiro atoms. The number of aromatic nitrogens is 1. The molecular weight excluding hydrogens is 356 g/mol. The van der Waals surface area contributed by atoms with Crippen LogP contribution >= 0.6 is 0 Å². The Morgan fingerprint density at radius 2 is 1.96 bits per heavy atom. The summed E-state index contributed by atoms with van der Waals surface area (Å²) in [7, 11) is 0.324. The number of hydrogen-bond acceptors (Lipinski definition) is 6. The summed E-state index contributed by atoms with van der Waals surface area (Å²) in [5.74, 6) is 0.420. The van der Waals surface area contributed by atoms with E-state index in [1.807, 2.05) is 25.9 Å². The lowest BCUT2D eigenvalue weighted by Crippen LogP contribution is -2.43. The zero-order chi connectivity index (χ0) is 19.5. The van der Waals surface area contributed by atoms with Gasteiger partial charge in [0.05, 0.1) is 0 Å². The molecule has 8 nitrogen and oxygen atoms in total. The van der Waals surface area contributed by atoms with Crippen molar-refractivity contribution in [1.82, 2.24) is 19.7 Å². The van der Waals surface area contributed by atoms with Gasteiger partial charge < -0.3 is 14.7 Å². The van der Waals surface area contributed by atoms with E-state index in [1.165, 1.54) is 4.31 Å². The molecule has 1 amide bonds. The van der Waals surface area contributed by atoms with E-state index in [0.717, 1.165) is 6.54 Å². The number of hydrogen-bond donors (Lipinski definition) is 1. The fraction of sp³-hybridized carbons (Fsp3) is 0.765. The molecule has 2 heterocycles. The van der Waals surface area contributed by atoms with Crippen LogP contribution in [0.2, 0.25) is 0 Å². The summed E-state index contributed by atoms with van der Waals surface area (Å²) in [4.78, 5) is 14.5. The molecule has 2 rings (SSSR count). The second-order valence-corrected chi connectivity index (χ2v) is 9.15. The van der Waals surface area contributed by atoms with Crippen LogP contribution in [-0.4, -0.2) is 69.0 Å². The van der Waals surface area contributed by atoms with Crippen LogP contribution in [0.1, 0.15) is 31.2 Å². The lowest BCUT2D eigenvalue weighted by molar-refractivity contribution is -0.126. The first-order chi connectivity index (χ1) is 12.1. The zero-order valence-electron chi connectivity index (χ0n) is 16.3. The second kappa shape index (κ2) is 8.49. The van der Waals surface area contributed by atoms with Gasteiger partial charge >= 0.3 is 0 Å². The number of carbonyl (C=O) groups is 1. The van der Waals surface area contributed by atoms with Gasteiger partial charge in [-0.1, -0.05) is 12.1 Å². The Kier molecular flexibility index (Phi) is 6.81. The van der Waals surface area contributed by atoms with Gasteiger partial charge in [0.25, 0.3) is 0 Å². The summed E-state index contributed by atoms with van der Waals surface area (Å²) in [5.41, 5.74) is 0.387. The number of nitrogens with one attached hydrogen (secondary N) is 1. The van der Waals surface area contributed by atoms with E-state index in [2.05, 4.69) is 10.5 Å². The lowest BCUT2D eigenvalue weighted by atomic mass is 9.85. The van der Waals surface area contributed by atoms with Crippen molar-refractivity contribution in [2.75, 3.05) is 40.3 Å². The Morgan fingerprint density at radius 1 is 1.35 bits per heavy atom. The Hall–Kier alpha value is -1.45. The molecule has 26 heavy (non-hydrogen) atoms. The molecule has 0 bridgehead atoms. The molecule has 1 aromatic rings. The van der Waals surface area contributed by atoms with Crippen molar-refractivity contribution in [3.05, 3.63) is 11.5 Å². The summed E-state index contributed by atoms with van der Waals surface area (Å²) in [6.07, 6.45) is 1.34. The summed E-state index contributed by atoms with van der Waals surface area (Å²) < 4.78 is 32.2. The topological polar surface area (TPSA) is 95.8 Å². The molecule has 0 radical (unpaired) electrons. The van der Waals surface area contributed by atoms with E-state index in [4.69, 9.17) is 4.52 Å². The van der Waals surface area contributed by atoms with Gasteiger partial charge in [-0.2, -0.15) is 4.31 Å². The summed E-state index contributed by atoms with van der Waals surface area (Å²) in [5, 5.41) is 6.70. The molecule has 0 saturated carbocycles. The minimum absolute atomic E-state index is 0.0406. The molecule has 1 aliphatic rings. The third kappa shape index (κ3) is 4.63. The highest BCUT2D eigenvalue weighted by Gasteiger charge is 2.36. The molecule has 1 saturated heterocycles. The van der Waals surface area contributed by atoms with Gasteiger partial charge in [0.15, 0.2) is 5.76 Å². The van der Waals surface area contributed by atoms with Gasteiger partial charge in [-0.25, -0.2) is 8.42 Å². The number of likely N-dealkylation sites (N-methyl/N-ethyl adjacent to an activating group) is 1. The molecule has 1 fully saturated rings. The largest absolute Gasteiger partial charge is 0.360 e. The van der Waals surface area contributed by atoms with Crippen LogP contribution in [0.4, 0.5) is 0 Å². The number of aryl methyl sites for hydroxylation is 2. The monoisotopic (exact) mass is 386 g/mol. The Morgan fingerprint density at radius 3 is 2.46 bits per heavy atom. The predicted molar refractivity (Wildman–Crippen MR) is 98.2 cm³/mol. The molecule has 1 aromatic heterocycles. The molecule has 1 aliphatic heterocycles. The number of nitrogens with zero attached hydrogens (tertiary/aromatic N) is 3. The number of amides is 1. The van der Waals surface area contributed by atoms with E-state index in [0.29, 0.717) is 43.9 Å². The van der Waals surface area contributed by atoms with Crippen molar-refractivity contribution in [2.45, 2.75) is 38.5 Å². The van der Waals surface area contributed by atoms with Crippen molar-refractivity contribution < 1.29 is 17.7 Å². The highest BCUT2D eigenvalue weighted by molar-refractivity contribution is 7.89. The molecule has 0 aliphatic carbocycles. The van der Waals surface area contributed by atoms with Crippen LogP contribution in [0.5, 0.6) is 0 Å². The normalized spacial score (nSPS) is 18.2. The summed E-state index contributed by atoms with van der Waals surface area (Å²) >= 11 is 0. The lowest BCUT2D eigenvalue weighted by Gasteiger charge is -2.33. The first-order valence-corrected chi connectivity index (χ1v) is 10.4. The van der Waals surface area contributed by atoms with Crippen LogP contribution < -0.4 is 5.32 Å². The van der Waals surface area contributed by atoms with E-state index in [9.17, 15) is 13.2 Å². The Labute approximate surface area is 155 Å². The first-order valence-electron chi connectivity index (χ1n) is 9.00. The average molecular weight is 387 g/mol. The van der Waals surface area contributed by atoms with Crippen LogP contribution in [0.25, 0.3) is 0 Å². The molecule has 9 heteroatoms. The van der Waals surface area contributed by atoms with Gasteiger partial charge in [-0.15, -0.1) is 0 Å². The number of rotatable bonds is 7. The van der Waals surface area contributed by atoms with Gasteiger partial charge in [0.1, 0.15) is 10.6 Å². The second-order valence-electron chi connectivity index (χ2n) is 7.28. The van der Waals surface area contributed by atoms with Gasteiger partial charge in [-0.3, -0.25) is 4.79 Å². The van der Waals surface area contributed by atoms with Crippen LogP contribution in [0.15, 0.2) is 9.42 Å². The fourth-order valence-corrected chi connectivity index (χ4v) is 5.13. The third-order valence-corrected chi connectivity index (χ3v) is 7.19. The maximum absolute atomic E-state index is 12.8. The SMILES string of the molecule is Cc1noc(C)c1S(=O)(=O)N1CCC([C@@H](C)C(=O)NCCN(C)C)CC1. The highest BCUT2D eigenvalue weighted by atomic mass is 32.2. The predicted octanol–water partition coefficient (Wildman–Crippen LogP) is 1.01. The maximum Gasteiger partial charge on any atom is 0.248 e. The average Bonchev–Trinajstić information content (AvgIpc) is 2.93. The number of sulfonamides is 1. The highest BCUT2D eigenvalue weighted by Crippen LogP contribution is 2.30. The Balaban J connectivity index is 1.93. The van der Waals surface area contributed by atoms with Crippen LogP contribution in [0, 0.1) is 25.7 Å². The standard InChI is InChI=1S/C17H30N4O4S/c1-12(17(22)18-8-11-20(4)5)15-6-9-21(10-7-15)26(23,24)16-13(2)19-25-14(16)3/h12,15H,6-11H2,1-5H3,(H,18,22)/t12-/m1/s1. The number of carbonyl (C=O) groups excluding carboxylic acids is 1. The molecule has 0 unspecified atom stereocenters. The van der Waals surface area contributed by atoms with Gasteiger partial charge in [0, 0.05) is 32.1 Å². The van der Waals surface area contributed by atoms with E-state index < -0.39 is 10.0 Å². The third-order valence-electron chi connectivity index (χ3n) is 5.04. The van der Waals surface area contributed by atoms with Crippen molar-refractivity contribution in [3.63, 3.8) is 0 Å². The maximum atomic E-state index is 12.8. The molecule has 1 atom stereocenters. The van der Waals surface area contributed by atoms with Crippen LogP contribution in [0.3, 0.4) is 0 Å².